The Labute approximate surface area is 68.9 Å². The number of hydrogen-bond acceptors (Lipinski definition) is 1. The van der Waals surface area contributed by atoms with Crippen molar-refractivity contribution in [2.24, 2.45) is 10.9 Å². The van der Waals surface area contributed by atoms with Crippen LogP contribution in [0.2, 0.25) is 0 Å². The smallest absolute Gasteiger partial charge is 0.639 e. The van der Waals surface area contributed by atoms with Gasteiger partial charge >= 0.3 is 19.5 Å². The van der Waals surface area contributed by atoms with Crippen LogP contribution in [0.3, 0.4) is 0 Å². The predicted octanol–water partition coefficient (Wildman–Crippen LogP) is 1.43. The summed E-state index contributed by atoms with van der Waals surface area (Å²) >= 11 is 0. The molecule has 0 fully saturated rings. The minimum absolute atomic E-state index is 0. The van der Waals surface area contributed by atoms with Gasteiger partial charge in [-0.3, -0.25) is 0 Å². The van der Waals surface area contributed by atoms with Gasteiger partial charge in [-0.2, -0.15) is 0 Å². The van der Waals surface area contributed by atoms with Gasteiger partial charge in [0, 0.05) is 0 Å². The Hall–Kier alpha value is 0.253. The van der Waals surface area contributed by atoms with Crippen molar-refractivity contribution in [1.82, 2.24) is 0 Å². The third-order valence-corrected chi connectivity index (χ3v) is 1.31. The Morgan fingerprint density at radius 1 is 1.56 bits per heavy atom. The number of hydrogen-bond donors (Lipinski definition) is 0. The second kappa shape index (κ2) is 4.13. The molecule has 0 aromatic carbocycles. The second-order valence-corrected chi connectivity index (χ2v) is 2.33. The fourth-order valence-corrected chi connectivity index (χ4v) is 0.721. The molecule has 1 heterocycles. The molecule has 1 aliphatic heterocycles. The predicted molar refractivity (Wildman–Crippen MR) is 35.4 cm³/mol. The molecule has 0 aliphatic carbocycles. The van der Waals surface area contributed by atoms with Crippen LogP contribution in [0, 0.1) is 5.92 Å². The SMILES string of the molecule is CC(C)C1=NC[N-]C1.[Rh+2]. The minimum Gasteiger partial charge on any atom is -0.639 e. The average molecular weight is 214 g/mol. The van der Waals surface area contributed by atoms with E-state index in [1.54, 1.807) is 0 Å². The first-order valence-corrected chi connectivity index (χ1v) is 2.97. The van der Waals surface area contributed by atoms with Crippen LogP contribution in [0.4, 0.5) is 0 Å². The maximum atomic E-state index is 4.19. The maximum absolute atomic E-state index is 4.19. The largest absolute Gasteiger partial charge is 2.00 e. The molecular weight excluding hydrogens is 203 g/mol. The van der Waals surface area contributed by atoms with E-state index in [9.17, 15) is 0 Å². The molecule has 0 saturated carbocycles. The summed E-state index contributed by atoms with van der Waals surface area (Å²) < 4.78 is 0. The van der Waals surface area contributed by atoms with Gasteiger partial charge in [0.1, 0.15) is 0 Å². The van der Waals surface area contributed by atoms with Gasteiger partial charge in [-0.1, -0.05) is 20.5 Å². The topological polar surface area (TPSA) is 26.5 Å². The van der Waals surface area contributed by atoms with Crippen LogP contribution in [0.25, 0.3) is 5.32 Å². The summed E-state index contributed by atoms with van der Waals surface area (Å²) in [6.07, 6.45) is 0. The molecule has 0 aromatic heterocycles. The van der Waals surface area contributed by atoms with Crippen molar-refractivity contribution < 1.29 is 19.5 Å². The van der Waals surface area contributed by atoms with Gasteiger partial charge in [0.15, 0.2) is 0 Å². The van der Waals surface area contributed by atoms with Crippen LogP contribution < -0.4 is 0 Å². The normalized spacial score (nSPS) is 17.4. The Morgan fingerprint density at radius 3 is 2.44 bits per heavy atom. The Bertz CT molecular complexity index is 110. The molecule has 0 aromatic rings. The van der Waals surface area contributed by atoms with Crippen molar-refractivity contribution in [3.05, 3.63) is 5.32 Å². The monoisotopic (exact) mass is 214 g/mol. The van der Waals surface area contributed by atoms with Crippen molar-refractivity contribution in [1.29, 1.82) is 0 Å². The third kappa shape index (κ3) is 2.55. The molecule has 1 rings (SSSR count). The van der Waals surface area contributed by atoms with Crippen molar-refractivity contribution in [3.8, 4) is 0 Å². The first-order valence-electron chi connectivity index (χ1n) is 2.97. The standard InChI is InChI=1S/C6H11N2.Rh/c1-5(2)6-3-7-4-8-6;/h5H,3-4H2,1-2H3;/q-1;+2. The first-order chi connectivity index (χ1) is 3.80. The zero-order chi connectivity index (χ0) is 5.98. The van der Waals surface area contributed by atoms with Crippen LogP contribution in [-0.4, -0.2) is 18.9 Å². The van der Waals surface area contributed by atoms with E-state index in [0.29, 0.717) is 12.6 Å². The number of aliphatic imine (C=N–C) groups is 1. The molecule has 0 bridgehead atoms. The first kappa shape index (κ1) is 9.25. The summed E-state index contributed by atoms with van der Waals surface area (Å²) in [5.74, 6) is 0.598. The van der Waals surface area contributed by atoms with E-state index in [-0.39, 0.29) is 19.5 Å². The van der Waals surface area contributed by atoms with Crippen LogP contribution in [0.5, 0.6) is 0 Å². The summed E-state index contributed by atoms with van der Waals surface area (Å²) in [5, 5.41) is 4.08. The fourth-order valence-electron chi connectivity index (χ4n) is 0.721. The quantitative estimate of drug-likeness (QED) is 0.590. The van der Waals surface area contributed by atoms with Gasteiger partial charge < -0.3 is 10.3 Å². The van der Waals surface area contributed by atoms with Gasteiger partial charge in [-0.25, -0.2) is 0 Å². The zero-order valence-electron chi connectivity index (χ0n) is 5.72. The Morgan fingerprint density at radius 2 is 2.22 bits per heavy atom. The van der Waals surface area contributed by atoms with E-state index in [1.807, 2.05) is 0 Å². The molecular formula is C6H11N2Rh+. The molecule has 3 heteroatoms. The van der Waals surface area contributed by atoms with E-state index in [2.05, 4.69) is 24.2 Å². The molecule has 2 nitrogen and oxygen atoms in total. The average Bonchev–Trinajstić information content (AvgIpc) is 2.12. The molecule has 1 radical (unpaired) electrons. The maximum Gasteiger partial charge on any atom is 2.00 e. The Balaban J connectivity index is 0.000000640. The molecule has 0 N–H and O–H groups in total. The molecule has 53 valence electrons. The minimum atomic E-state index is 0. The zero-order valence-corrected chi connectivity index (χ0v) is 7.36. The van der Waals surface area contributed by atoms with E-state index in [0.717, 1.165) is 6.54 Å². The molecule has 0 spiro atoms. The molecule has 1 aliphatic rings. The van der Waals surface area contributed by atoms with Crippen LogP contribution in [-0.2, 0) is 19.5 Å². The molecule has 0 unspecified atom stereocenters. The van der Waals surface area contributed by atoms with Crippen molar-refractivity contribution in [2.75, 3.05) is 13.2 Å². The number of rotatable bonds is 1. The summed E-state index contributed by atoms with van der Waals surface area (Å²) in [5.41, 5.74) is 1.25. The van der Waals surface area contributed by atoms with Gasteiger partial charge in [0.25, 0.3) is 0 Å². The Kier molecular flexibility index (Phi) is 4.25. The summed E-state index contributed by atoms with van der Waals surface area (Å²) in [4.78, 5) is 4.19. The molecule has 9 heavy (non-hydrogen) atoms. The van der Waals surface area contributed by atoms with Crippen molar-refractivity contribution >= 4 is 5.71 Å². The van der Waals surface area contributed by atoms with E-state index in [4.69, 9.17) is 0 Å². The van der Waals surface area contributed by atoms with Gasteiger partial charge in [-0.05, 0) is 11.6 Å². The third-order valence-electron chi connectivity index (χ3n) is 1.31. The molecule has 0 saturated heterocycles. The van der Waals surface area contributed by atoms with Crippen molar-refractivity contribution in [2.45, 2.75) is 13.8 Å². The molecule has 0 atom stereocenters. The van der Waals surface area contributed by atoms with E-state index in [1.165, 1.54) is 5.71 Å². The summed E-state index contributed by atoms with van der Waals surface area (Å²) in [7, 11) is 0. The van der Waals surface area contributed by atoms with Gasteiger partial charge in [-0.15, -0.1) is 6.54 Å². The van der Waals surface area contributed by atoms with Crippen LogP contribution in [0.1, 0.15) is 13.8 Å². The summed E-state index contributed by atoms with van der Waals surface area (Å²) in [6.45, 7) is 5.88. The van der Waals surface area contributed by atoms with Gasteiger partial charge in [0.2, 0.25) is 0 Å². The van der Waals surface area contributed by atoms with E-state index < -0.39 is 0 Å². The van der Waals surface area contributed by atoms with Crippen molar-refractivity contribution in [3.63, 3.8) is 0 Å². The number of nitrogens with zero attached hydrogens (tertiary/aromatic N) is 2. The van der Waals surface area contributed by atoms with Crippen LogP contribution >= 0.6 is 0 Å². The fraction of sp³-hybridized carbons (Fsp3) is 0.833. The molecule has 0 amide bonds. The van der Waals surface area contributed by atoms with E-state index >= 15 is 0 Å². The van der Waals surface area contributed by atoms with Gasteiger partial charge in [0.05, 0.1) is 0 Å². The summed E-state index contributed by atoms with van der Waals surface area (Å²) in [6, 6.07) is 0. The second-order valence-electron chi connectivity index (χ2n) is 2.33. The van der Waals surface area contributed by atoms with Crippen LogP contribution in [0.15, 0.2) is 4.99 Å².